The van der Waals surface area contributed by atoms with E-state index in [0.717, 1.165) is 38.2 Å². The van der Waals surface area contributed by atoms with Crippen molar-refractivity contribution in [3.63, 3.8) is 0 Å². The molecule has 0 aromatic carbocycles. The van der Waals surface area contributed by atoms with E-state index in [0.29, 0.717) is 6.04 Å². The third-order valence-corrected chi connectivity index (χ3v) is 2.99. The summed E-state index contributed by atoms with van der Waals surface area (Å²) in [5.41, 5.74) is 0. The van der Waals surface area contributed by atoms with Gasteiger partial charge in [0, 0.05) is 25.2 Å². The average molecular weight is 227 g/mol. The number of rotatable bonds is 2. The highest BCUT2D eigenvalue weighted by Gasteiger charge is 2.21. The summed E-state index contributed by atoms with van der Waals surface area (Å²) >= 11 is 0. The normalized spacial score (nSPS) is 17.8. The summed E-state index contributed by atoms with van der Waals surface area (Å²) in [6.45, 7) is 1.50. The van der Waals surface area contributed by atoms with Crippen LogP contribution in [0.5, 0.6) is 0 Å². The lowest BCUT2D eigenvalue weighted by molar-refractivity contribution is 0.435. The molecule has 0 atom stereocenters. The molecule has 0 saturated carbocycles. The third-order valence-electron chi connectivity index (χ3n) is 2.99. The molecule has 0 bridgehead atoms. The highest BCUT2D eigenvalue weighted by molar-refractivity contribution is 5.40. The van der Waals surface area contributed by atoms with Gasteiger partial charge in [0.05, 0.1) is 6.20 Å². The van der Waals surface area contributed by atoms with Gasteiger partial charge >= 0.3 is 0 Å². The summed E-state index contributed by atoms with van der Waals surface area (Å²) in [5.74, 6) is -0.953. The van der Waals surface area contributed by atoms with Crippen LogP contribution < -0.4 is 10.2 Å². The average Bonchev–Trinajstić information content (AvgIpc) is 2.29. The van der Waals surface area contributed by atoms with Crippen molar-refractivity contribution >= 4 is 5.82 Å². The van der Waals surface area contributed by atoms with Gasteiger partial charge in [0.2, 0.25) is 0 Å². The summed E-state index contributed by atoms with van der Waals surface area (Å²) < 4.78 is 26.2. The van der Waals surface area contributed by atoms with Gasteiger partial charge in [0.1, 0.15) is 5.82 Å². The van der Waals surface area contributed by atoms with Crippen LogP contribution in [0.1, 0.15) is 12.8 Å². The Morgan fingerprint density at radius 2 is 2.06 bits per heavy atom. The Hall–Kier alpha value is -1.23. The van der Waals surface area contributed by atoms with E-state index in [4.69, 9.17) is 0 Å². The number of aromatic nitrogens is 1. The summed E-state index contributed by atoms with van der Waals surface area (Å²) in [5, 5.41) is 3.20. The molecule has 5 heteroatoms. The molecule has 1 fully saturated rings. The Bertz CT molecular complexity index is 362. The summed E-state index contributed by atoms with van der Waals surface area (Å²) in [4.78, 5) is 5.67. The van der Waals surface area contributed by atoms with Gasteiger partial charge in [0.25, 0.3) is 0 Å². The molecule has 16 heavy (non-hydrogen) atoms. The monoisotopic (exact) mass is 227 g/mol. The maximum Gasteiger partial charge on any atom is 0.168 e. The van der Waals surface area contributed by atoms with Crippen LogP contribution in [-0.4, -0.2) is 31.2 Å². The van der Waals surface area contributed by atoms with Gasteiger partial charge in [-0.1, -0.05) is 0 Å². The highest BCUT2D eigenvalue weighted by atomic mass is 19.1. The van der Waals surface area contributed by atoms with Gasteiger partial charge in [-0.3, -0.25) is 0 Å². The second kappa shape index (κ2) is 4.74. The topological polar surface area (TPSA) is 28.2 Å². The van der Waals surface area contributed by atoms with Crippen molar-refractivity contribution in [2.75, 3.05) is 25.0 Å². The SMILES string of the molecule is CNC1CCN(c2ncc(F)cc2F)CC1. The van der Waals surface area contributed by atoms with E-state index in [9.17, 15) is 8.78 Å². The highest BCUT2D eigenvalue weighted by Crippen LogP contribution is 2.21. The van der Waals surface area contributed by atoms with Crippen LogP contribution in [0.25, 0.3) is 0 Å². The molecule has 2 heterocycles. The fourth-order valence-corrected chi connectivity index (χ4v) is 2.02. The number of halogens is 2. The van der Waals surface area contributed by atoms with Crippen molar-refractivity contribution in [1.82, 2.24) is 10.3 Å². The predicted octanol–water partition coefficient (Wildman–Crippen LogP) is 1.55. The van der Waals surface area contributed by atoms with Crippen molar-refractivity contribution < 1.29 is 8.78 Å². The fraction of sp³-hybridized carbons (Fsp3) is 0.545. The van der Waals surface area contributed by atoms with Gasteiger partial charge in [-0.25, -0.2) is 13.8 Å². The largest absolute Gasteiger partial charge is 0.354 e. The zero-order chi connectivity index (χ0) is 11.5. The molecule has 1 aromatic rings. The zero-order valence-electron chi connectivity index (χ0n) is 9.21. The Morgan fingerprint density at radius 3 is 2.62 bits per heavy atom. The van der Waals surface area contributed by atoms with Crippen LogP contribution in [0, 0.1) is 11.6 Å². The predicted molar refractivity (Wildman–Crippen MR) is 58.4 cm³/mol. The molecule has 0 amide bonds. The molecule has 0 unspecified atom stereocenters. The van der Waals surface area contributed by atoms with Crippen LogP contribution in [-0.2, 0) is 0 Å². The van der Waals surface area contributed by atoms with Crippen molar-refractivity contribution in [3.05, 3.63) is 23.9 Å². The van der Waals surface area contributed by atoms with Crippen LogP contribution in [0.2, 0.25) is 0 Å². The first kappa shape index (κ1) is 11.3. The summed E-state index contributed by atoms with van der Waals surface area (Å²) in [6, 6.07) is 1.37. The number of hydrogen-bond acceptors (Lipinski definition) is 3. The summed E-state index contributed by atoms with van der Waals surface area (Å²) in [6.07, 6.45) is 2.96. The standard InChI is InChI=1S/C11H15F2N3/c1-14-9-2-4-16(5-3-9)11-10(13)6-8(12)7-15-11/h6-7,9,14H,2-5H2,1H3. The minimum Gasteiger partial charge on any atom is -0.354 e. The second-order valence-electron chi connectivity index (χ2n) is 4.01. The molecule has 0 spiro atoms. The van der Waals surface area contributed by atoms with Crippen LogP contribution in [0.3, 0.4) is 0 Å². The number of pyridine rings is 1. The molecule has 88 valence electrons. The van der Waals surface area contributed by atoms with Gasteiger partial charge in [0.15, 0.2) is 11.6 Å². The smallest absolute Gasteiger partial charge is 0.168 e. The van der Waals surface area contributed by atoms with E-state index >= 15 is 0 Å². The quantitative estimate of drug-likeness (QED) is 0.830. The minimum absolute atomic E-state index is 0.260. The molecule has 1 aliphatic rings. The maximum atomic E-state index is 13.5. The number of piperidine rings is 1. The van der Waals surface area contributed by atoms with E-state index in [1.807, 2.05) is 11.9 Å². The molecular formula is C11H15F2N3. The molecule has 0 radical (unpaired) electrons. The van der Waals surface area contributed by atoms with Gasteiger partial charge in [-0.15, -0.1) is 0 Å². The molecule has 3 nitrogen and oxygen atoms in total. The van der Waals surface area contributed by atoms with Crippen molar-refractivity contribution in [3.8, 4) is 0 Å². The number of nitrogens with zero attached hydrogens (tertiary/aromatic N) is 2. The zero-order valence-corrected chi connectivity index (χ0v) is 9.21. The van der Waals surface area contributed by atoms with Crippen molar-refractivity contribution in [2.24, 2.45) is 0 Å². The first-order valence-electron chi connectivity index (χ1n) is 5.44. The first-order valence-corrected chi connectivity index (χ1v) is 5.44. The number of anilines is 1. The lowest BCUT2D eigenvalue weighted by atomic mass is 10.1. The number of nitrogens with one attached hydrogen (secondary N) is 1. The lowest BCUT2D eigenvalue weighted by Gasteiger charge is -2.32. The molecule has 2 rings (SSSR count). The van der Waals surface area contributed by atoms with E-state index in [1.54, 1.807) is 0 Å². The Labute approximate surface area is 93.5 Å². The molecule has 1 aromatic heterocycles. The van der Waals surface area contributed by atoms with E-state index in [1.165, 1.54) is 0 Å². The second-order valence-corrected chi connectivity index (χ2v) is 4.01. The molecule has 1 aliphatic heterocycles. The Kier molecular flexibility index (Phi) is 3.33. The van der Waals surface area contributed by atoms with Crippen molar-refractivity contribution in [1.29, 1.82) is 0 Å². The minimum atomic E-state index is -0.633. The maximum absolute atomic E-state index is 13.5. The van der Waals surface area contributed by atoms with Gasteiger partial charge < -0.3 is 10.2 Å². The Morgan fingerprint density at radius 1 is 1.38 bits per heavy atom. The Balaban J connectivity index is 2.08. The molecule has 0 aliphatic carbocycles. The third kappa shape index (κ3) is 2.29. The molecule has 1 N–H and O–H groups in total. The van der Waals surface area contributed by atoms with Crippen LogP contribution >= 0.6 is 0 Å². The summed E-state index contributed by atoms with van der Waals surface area (Å²) in [7, 11) is 1.93. The van der Waals surface area contributed by atoms with Gasteiger partial charge in [-0.2, -0.15) is 0 Å². The van der Waals surface area contributed by atoms with Crippen LogP contribution in [0.4, 0.5) is 14.6 Å². The van der Waals surface area contributed by atoms with E-state index in [-0.39, 0.29) is 5.82 Å². The first-order chi connectivity index (χ1) is 7.70. The van der Waals surface area contributed by atoms with E-state index < -0.39 is 11.6 Å². The lowest BCUT2D eigenvalue weighted by Crippen LogP contribution is -2.41. The van der Waals surface area contributed by atoms with E-state index in [2.05, 4.69) is 10.3 Å². The molecule has 1 saturated heterocycles. The van der Waals surface area contributed by atoms with Crippen molar-refractivity contribution in [2.45, 2.75) is 18.9 Å². The van der Waals surface area contributed by atoms with Crippen LogP contribution in [0.15, 0.2) is 12.3 Å². The number of hydrogen-bond donors (Lipinski definition) is 1. The van der Waals surface area contributed by atoms with Gasteiger partial charge in [-0.05, 0) is 19.9 Å². The fourth-order valence-electron chi connectivity index (χ4n) is 2.02. The molecular weight excluding hydrogens is 212 g/mol.